The number of nitrogens with one attached hydrogen (secondary N) is 3. The smallest absolute Gasteiger partial charge is 0.253 e. The summed E-state index contributed by atoms with van der Waals surface area (Å²) in [6.45, 7) is 4.34. The molecule has 3 aromatic heterocycles. The van der Waals surface area contributed by atoms with Crippen molar-refractivity contribution in [2.75, 3.05) is 6.54 Å². The highest BCUT2D eigenvalue weighted by atomic mass is 32.2. The molecule has 1 aromatic carbocycles. The van der Waals surface area contributed by atoms with Crippen molar-refractivity contribution >= 4 is 32.6 Å². The minimum atomic E-state index is -3.93. The lowest BCUT2D eigenvalue weighted by Crippen LogP contribution is -2.31. The van der Waals surface area contributed by atoms with Gasteiger partial charge in [0.2, 0.25) is 15.9 Å². The zero-order chi connectivity index (χ0) is 31.7. The van der Waals surface area contributed by atoms with Crippen LogP contribution in [0.25, 0.3) is 10.8 Å². The van der Waals surface area contributed by atoms with E-state index in [1.807, 2.05) is 19.9 Å². The van der Waals surface area contributed by atoms with Crippen LogP contribution in [0.1, 0.15) is 84.7 Å². The number of benzene rings is 1. The van der Waals surface area contributed by atoms with Gasteiger partial charge < -0.3 is 15.2 Å². The van der Waals surface area contributed by atoms with Crippen LogP contribution in [0.15, 0.2) is 76.9 Å². The number of hydrogen-bond donors (Lipinski definition) is 3. The van der Waals surface area contributed by atoms with Crippen molar-refractivity contribution in [3.8, 4) is 0 Å². The molecule has 3 N–H and O–H groups in total. The lowest BCUT2D eigenvalue weighted by molar-refractivity contribution is -0.122. The summed E-state index contributed by atoms with van der Waals surface area (Å²) < 4.78 is 31.8. The van der Waals surface area contributed by atoms with Gasteiger partial charge >= 0.3 is 0 Å². The number of amides is 2. The number of nitrogens with zero attached hydrogens (tertiary/aromatic N) is 3. The Morgan fingerprint density at radius 2 is 1.84 bits per heavy atom. The van der Waals surface area contributed by atoms with Crippen molar-refractivity contribution in [1.29, 1.82) is 0 Å². The Morgan fingerprint density at radius 1 is 1.02 bits per heavy atom. The van der Waals surface area contributed by atoms with Crippen LogP contribution in [0.5, 0.6) is 0 Å². The second kappa shape index (κ2) is 12.5. The van der Waals surface area contributed by atoms with Gasteiger partial charge in [-0.15, -0.1) is 0 Å². The first-order chi connectivity index (χ1) is 21.6. The van der Waals surface area contributed by atoms with Crippen LogP contribution < -0.4 is 20.9 Å². The molecule has 2 aliphatic carbocycles. The van der Waals surface area contributed by atoms with Crippen LogP contribution in [0.3, 0.4) is 0 Å². The largest absolute Gasteiger partial charge is 0.349 e. The molecule has 1 fully saturated rings. The van der Waals surface area contributed by atoms with Gasteiger partial charge in [-0.25, -0.2) is 13.1 Å². The fraction of sp³-hybridized carbons (Fsp3) is 0.364. The van der Waals surface area contributed by atoms with Crippen molar-refractivity contribution in [2.24, 2.45) is 5.92 Å². The van der Waals surface area contributed by atoms with Crippen molar-refractivity contribution < 1.29 is 18.0 Å². The predicted molar refractivity (Wildman–Crippen MR) is 169 cm³/mol. The standard InChI is InChI=1S/C33H36N6O5S/c1-20(2)17-36-45(43,44)29-15-24-27(38-33(42)22-6-5-11-34-18-22)16-28(37-30(40)10-13-39-12-4-3-7-31(39)41)32(24)25-19-35-26(14-23(25)29)21-8-9-21/h3-7,11-12,14-15,18-21,27-28,36H,8-10,13,16-17H2,1-2H3,(H,37,40)(H,38,42)/t27-,28-/m0/s1. The highest BCUT2D eigenvalue weighted by molar-refractivity contribution is 7.89. The highest BCUT2D eigenvalue weighted by Gasteiger charge is 2.38. The maximum atomic E-state index is 13.8. The molecule has 11 nitrogen and oxygen atoms in total. The van der Waals surface area contributed by atoms with Gasteiger partial charge in [-0.3, -0.25) is 24.4 Å². The number of pyridine rings is 3. The zero-order valence-electron chi connectivity index (χ0n) is 25.2. The van der Waals surface area contributed by atoms with Crippen molar-refractivity contribution in [2.45, 2.75) is 69.0 Å². The van der Waals surface area contributed by atoms with E-state index in [1.165, 1.54) is 16.8 Å². The number of aryl methyl sites for hydroxylation is 1. The highest BCUT2D eigenvalue weighted by Crippen LogP contribution is 2.46. The SMILES string of the molecule is CC(C)CNS(=O)(=O)c1cc2c(c3cnc(C4CC4)cc13)[C@@H](NC(=O)CCn1ccccc1=O)C[C@@H]2NC(=O)c1cccnc1. The zero-order valence-corrected chi connectivity index (χ0v) is 26.0. The van der Waals surface area contributed by atoms with Crippen molar-refractivity contribution in [3.05, 3.63) is 100.0 Å². The van der Waals surface area contributed by atoms with E-state index in [4.69, 9.17) is 4.98 Å². The van der Waals surface area contributed by atoms with E-state index in [0.717, 1.165) is 24.1 Å². The van der Waals surface area contributed by atoms with Crippen LogP contribution in [0.4, 0.5) is 0 Å². The Morgan fingerprint density at radius 3 is 2.56 bits per heavy atom. The Hall–Kier alpha value is -4.42. The fourth-order valence-electron chi connectivity index (χ4n) is 5.82. The lowest BCUT2D eigenvalue weighted by atomic mass is 9.98. The molecular weight excluding hydrogens is 592 g/mol. The number of hydrogen-bond acceptors (Lipinski definition) is 7. The Kier molecular flexibility index (Phi) is 8.52. The van der Waals surface area contributed by atoms with E-state index in [0.29, 0.717) is 34.2 Å². The number of aromatic nitrogens is 3. The molecule has 0 saturated heterocycles. The molecule has 2 amide bonds. The summed E-state index contributed by atoms with van der Waals surface area (Å²) in [7, 11) is -3.93. The lowest BCUT2D eigenvalue weighted by Gasteiger charge is -2.19. The van der Waals surface area contributed by atoms with Gasteiger partial charge in [-0.1, -0.05) is 19.9 Å². The molecule has 0 bridgehead atoms. The Balaban J connectivity index is 1.41. The third-order valence-corrected chi connectivity index (χ3v) is 9.75. The average molecular weight is 629 g/mol. The molecular formula is C33H36N6O5S. The average Bonchev–Trinajstić information content (AvgIpc) is 3.83. The number of rotatable bonds is 11. The molecule has 0 unspecified atom stereocenters. The summed E-state index contributed by atoms with van der Waals surface area (Å²) in [4.78, 5) is 47.6. The topological polar surface area (TPSA) is 152 Å². The molecule has 0 spiro atoms. The first-order valence-corrected chi connectivity index (χ1v) is 16.7. The summed E-state index contributed by atoms with van der Waals surface area (Å²) in [6, 6.07) is 10.5. The first-order valence-electron chi connectivity index (χ1n) is 15.2. The van der Waals surface area contributed by atoms with Crippen LogP contribution in [-0.4, -0.2) is 41.3 Å². The van der Waals surface area contributed by atoms with Crippen LogP contribution >= 0.6 is 0 Å². The summed E-state index contributed by atoms with van der Waals surface area (Å²) in [6.07, 6.45) is 8.76. The molecule has 4 aromatic rings. The fourth-order valence-corrected chi connectivity index (χ4v) is 7.27. The van der Waals surface area contributed by atoms with Crippen molar-refractivity contribution in [1.82, 2.24) is 29.9 Å². The second-order valence-corrected chi connectivity index (χ2v) is 13.9. The van der Waals surface area contributed by atoms with Gasteiger partial charge in [0.25, 0.3) is 11.5 Å². The first kappa shape index (κ1) is 30.6. The minimum absolute atomic E-state index is 0.0655. The van der Waals surface area contributed by atoms with Crippen LogP contribution in [0.2, 0.25) is 0 Å². The van der Waals surface area contributed by atoms with E-state index < -0.39 is 22.1 Å². The molecule has 2 atom stereocenters. The molecule has 0 radical (unpaired) electrons. The molecule has 3 heterocycles. The molecule has 45 heavy (non-hydrogen) atoms. The minimum Gasteiger partial charge on any atom is -0.349 e. The quantitative estimate of drug-likeness (QED) is 0.229. The predicted octanol–water partition coefficient (Wildman–Crippen LogP) is 3.73. The Labute approximate surface area is 261 Å². The Bertz CT molecular complexity index is 1920. The van der Waals surface area contributed by atoms with E-state index in [2.05, 4.69) is 20.3 Å². The summed E-state index contributed by atoms with van der Waals surface area (Å²) in [5, 5.41) is 7.29. The second-order valence-electron chi connectivity index (χ2n) is 12.2. The molecule has 6 rings (SSSR count). The molecule has 2 aliphatic rings. The van der Waals surface area contributed by atoms with Gasteiger partial charge in [-0.05, 0) is 66.6 Å². The van der Waals surface area contributed by atoms with E-state index in [9.17, 15) is 22.8 Å². The van der Waals surface area contributed by atoms with Gasteiger partial charge in [0.05, 0.1) is 22.5 Å². The van der Waals surface area contributed by atoms with Crippen LogP contribution in [0, 0.1) is 5.92 Å². The molecule has 0 aliphatic heterocycles. The number of sulfonamides is 1. The maximum absolute atomic E-state index is 13.8. The van der Waals surface area contributed by atoms with Gasteiger partial charge in [0.15, 0.2) is 0 Å². The molecule has 1 saturated carbocycles. The normalized spacial score (nSPS) is 17.8. The number of fused-ring (bicyclic) bond motifs is 3. The summed E-state index contributed by atoms with van der Waals surface area (Å²) >= 11 is 0. The summed E-state index contributed by atoms with van der Waals surface area (Å²) in [5.74, 6) is -0.238. The number of carbonyl (C=O) groups is 2. The monoisotopic (exact) mass is 628 g/mol. The van der Waals surface area contributed by atoms with Crippen molar-refractivity contribution in [3.63, 3.8) is 0 Å². The van der Waals surface area contributed by atoms with Gasteiger partial charge in [0, 0.05) is 72.7 Å². The van der Waals surface area contributed by atoms with Gasteiger partial charge in [-0.2, -0.15) is 0 Å². The maximum Gasteiger partial charge on any atom is 0.253 e. The van der Waals surface area contributed by atoms with Gasteiger partial charge in [0.1, 0.15) is 0 Å². The van der Waals surface area contributed by atoms with Crippen LogP contribution in [-0.2, 0) is 21.4 Å². The van der Waals surface area contributed by atoms with E-state index in [1.54, 1.807) is 48.9 Å². The number of carbonyl (C=O) groups excluding carboxylic acids is 2. The summed E-state index contributed by atoms with van der Waals surface area (Å²) in [5.41, 5.74) is 2.34. The van der Waals surface area contributed by atoms with E-state index >= 15 is 0 Å². The van der Waals surface area contributed by atoms with E-state index in [-0.39, 0.29) is 47.7 Å². The molecule has 234 valence electrons. The third kappa shape index (κ3) is 6.66. The molecule has 12 heteroatoms. The third-order valence-electron chi connectivity index (χ3n) is 8.28.